The van der Waals surface area contributed by atoms with Crippen molar-refractivity contribution in [3.05, 3.63) is 47.9 Å². The van der Waals surface area contributed by atoms with Crippen LogP contribution in [0.2, 0.25) is 0 Å². The Kier molecular flexibility index (Phi) is 5.73. The molecule has 0 N–H and O–H groups in total. The summed E-state index contributed by atoms with van der Waals surface area (Å²) < 4.78 is 7.33. The summed E-state index contributed by atoms with van der Waals surface area (Å²) in [5.41, 5.74) is 2.71. The van der Waals surface area contributed by atoms with Gasteiger partial charge in [0.15, 0.2) is 11.4 Å². The predicted octanol–water partition coefficient (Wildman–Crippen LogP) is 3.09. The number of amides is 1. The second kappa shape index (κ2) is 8.82. The van der Waals surface area contributed by atoms with Crippen molar-refractivity contribution in [2.45, 2.75) is 51.5 Å². The largest absolute Gasteiger partial charge is 0.493 e. The monoisotopic (exact) mass is 436 g/mol. The molecule has 1 aliphatic heterocycles. The molecule has 1 saturated carbocycles. The first kappa shape index (κ1) is 20.8. The number of methoxy groups -OCH3 is 1. The Morgan fingerprint density at radius 3 is 2.81 bits per heavy atom. The van der Waals surface area contributed by atoms with Crippen LogP contribution in [-0.4, -0.2) is 49.3 Å². The van der Waals surface area contributed by atoms with Crippen LogP contribution in [0.15, 0.2) is 30.9 Å². The molecule has 5 rings (SSSR count). The number of nitrogens with zero attached hydrogens (tertiary/aromatic N) is 6. The van der Waals surface area contributed by atoms with Crippen molar-refractivity contribution in [2.75, 3.05) is 13.7 Å². The SMILES string of the molecule is COc1cc(C[C@H]2CC[C@H](C(=O)N3OCC[C@H]3c3cnccn3)CC2)cn2nc(C)nc12. The minimum absolute atomic E-state index is 0.00139. The van der Waals surface area contributed by atoms with E-state index in [0.29, 0.717) is 12.5 Å². The van der Waals surface area contributed by atoms with Gasteiger partial charge in [0.05, 0.1) is 25.6 Å². The molecule has 3 aromatic heterocycles. The number of ether oxygens (including phenoxy) is 1. The Morgan fingerprint density at radius 2 is 2.06 bits per heavy atom. The molecule has 3 aromatic rings. The van der Waals surface area contributed by atoms with Gasteiger partial charge in [0.1, 0.15) is 11.9 Å². The number of aryl methyl sites for hydroxylation is 1. The number of hydroxylamine groups is 2. The van der Waals surface area contributed by atoms with Gasteiger partial charge in [0.2, 0.25) is 5.91 Å². The van der Waals surface area contributed by atoms with Crippen LogP contribution >= 0.6 is 0 Å². The van der Waals surface area contributed by atoms with Gasteiger partial charge in [-0.05, 0) is 56.6 Å². The average molecular weight is 437 g/mol. The molecule has 0 aromatic carbocycles. The minimum atomic E-state index is -0.140. The smallest absolute Gasteiger partial charge is 0.249 e. The second-order valence-electron chi connectivity index (χ2n) is 8.70. The van der Waals surface area contributed by atoms with Gasteiger partial charge in [-0.2, -0.15) is 5.10 Å². The van der Waals surface area contributed by atoms with E-state index in [2.05, 4.69) is 26.1 Å². The average Bonchev–Trinajstić information content (AvgIpc) is 3.45. The number of hydrogen-bond acceptors (Lipinski definition) is 7. The van der Waals surface area contributed by atoms with E-state index >= 15 is 0 Å². The zero-order valence-electron chi connectivity index (χ0n) is 18.5. The van der Waals surface area contributed by atoms with Gasteiger partial charge in [0, 0.05) is 30.9 Å². The molecular weight excluding hydrogens is 408 g/mol. The molecule has 1 saturated heterocycles. The third kappa shape index (κ3) is 4.04. The second-order valence-corrected chi connectivity index (χ2v) is 8.70. The van der Waals surface area contributed by atoms with Crippen LogP contribution in [0.5, 0.6) is 5.75 Å². The summed E-state index contributed by atoms with van der Waals surface area (Å²) in [7, 11) is 1.66. The van der Waals surface area contributed by atoms with Crippen LogP contribution in [0.4, 0.5) is 0 Å². The molecular formula is C23H28N6O3. The van der Waals surface area contributed by atoms with Crippen LogP contribution in [0.25, 0.3) is 5.65 Å². The first-order valence-corrected chi connectivity index (χ1v) is 11.2. The Balaban J connectivity index is 1.22. The summed E-state index contributed by atoms with van der Waals surface area (Å²) in [5.74, 6) is 2.08. The number of carbonyl (C=O) groups excluding carboxylic acids is 1. The fourth-order valence-corrected chi connectivity index (χ4v) is 4.94. The zero-order valence-corrected chi connectivity index (χ0v) is 18.5. The molecule has 9 heteroatoms. The maximum Gasteiger partial charge on any atom is 0.249 e. The molecule has 1 amide bonds. The first-order valence-electron chi connectivity index (χ1n) is 11.2. The van der Waals surface area contributed by atoms with Gasteiger partial charge < -0.3 is 4.74 Å². The Labute approximate surface area is 186 Å². The highest BCUT2D eigenvalue weighted by molar-refractivity contribution is 5.78. The fraction of sp³-hybridized carbons (Fsp3) is 0.522. The topological polar surface area (TPSA) is 94.7 Å². The standard InChI is InChI=1S/C23H28N6O3/c1-15-26-22-21(31-2)12-17(14-28(22)27-15)11-16-3-5-18(6-4-16)23(30)29-20(7-10-32-29)19-13-24-8-9-25-19/h8-9,12-14,16,18,20H,3-7,10-11H2,1-2H3/t16-,18-,20-/m0/s1. The van der Waals surface area contributed by atoms with E-state index in [1.54, 1.807) is 35.3 Å². The number of fused-ring (bicyclic) bond motifs is 1. The highest BCUT2D eigenvalue weighted by atomic mass is 16.7. The minimum Gasteiger partial charge on any atom is -0.493 e. The van der Waals surface area contributed by atoms with E-state index in [1.165, 1.54) is 5.56 Å². The van der Waals surface area contributed by atoms with Crippen LogP contribution < -0.4 is 4.74 Å². The lowest BCUT2D eigenvalue weighted by Gasteiger charge is -2.31. The van der Waals surface area contributed by atoms with Crippen molar-refractivity contribution in [1.29, 1.82) is 0 Å². The number of carbonyl (C=O) groups is 1. The van der Waals surface area contributed by atoms with E-state index in [9.17, 15) is 4.79 Å². The van der Waals surface area contributed by atoms with E-state index in [4.69, 9.17) is 9.57 Å². The van der Waals surface area contributed by atoms with Gasteiger partial charge in [0.25, 0.3) is 0 Å². The van der Waals surface area contributed by atoms with E-state index in [-0.39, 0.29) is 17.9 Å². The molecule has 4 heterocycles. The molecule has 0 spiro atoms. The highest BCUT2D eigenvalue weighted by Crippen LogP contribution is 2.36. The lowest BCUT2D eigenvalue weighted by atomic mass is 9.79. The Hall–Kier alpha value is -3.07. The maximum atomic E-state index is 13.2. The van der Waals surface area contributed by atoms with Crippen LogP contribution in [-0.2, 0) is 16.1 Å². The lowest BCUT2D eigenvalue weighted by Crippen LogP contribution is -2.37. The lowest BCUT2D eigenvalue weighted by molar-refractivity contribution is -0.183. The molecule has 1 aliphatic carbocycles. The Bertz CT molecular complexity index is 1090. The molecule has 1 atom stereocenters. The van der Waals surface area contributed by atoms with Gasteiger partial charge in [-0.15, -0.1) is 0 Å². The van der Waals surface area contributed by atoms with Crippen molar-refractivity contribution in [1.82, 2.24) is 29.6 Å². The normalized spacial score (nSPS) is 23.6. The van der Waals surface area contributed by atoms with Crippen molar-refractivity contribution < 1.29 is 14.4 Å². The zero-order chi connectivity index (χ0) is 22.1. The van der Waals surface area contributed by atoms with Crippen molar-refractivity contribution in [3.8, 4) is 5.75 Å². The van der Waals surface area contributed by atoms with Crippen LogP contribution in [0, 0.1) is 18.8 Å². The maximum absolute atomic E-state index is 13.2. The number of hydrogen-bond donors (Lipinski definition) is 0. The number of rotatable bonds is 5. The van der Waals surface area contributed by atoms with Gasteiger partial charge in [-0.3, -0.25) is 19.6 Å². The third-order valence-electron chi connectivity index (χ3n) is 6.55. The summed E-state index contributed by atoms with van der Waals surface area (Å²) in [6.45, 7) is 2.41. The van der Waals surface area contributed by atoms with Crippen molar-refractivity contribution >= 4 is 11.6 Å². The third-order valence-corrected chi connectivity index (χ3v) is 6.55. The van der Waals surface area contributed by atoms with Crippen LogP contribution in [0.3, 0.4) is 0 Å². The summed E-state index contributed by atoms with van der Waals surface area (Å²) in [6, 6.07) is 1.92. The van der Waals surface area contributed by atoms with E-state index in [1.807, 2.05) is 13.1 Å². The number of aromatic nitrogens is 5. The van der Waals surface area contributed by atoms with Gasteiger partial charge in [-0.25, -0.2) is 14.6 Å². The quantitative estimate of drug-likeness (QED) is 0.606. The summed E-state index contributed by atoms with van der Waals surface area (Å²) in [4.78, 5) is 31.9. The van der Waals surface area contributed by atoms with E-state index in [0.717, 1.165) is 61.4 Å². The number of pyridine rings is 1. The van der Waals surface area contributed by atoms with Crippen LogP contribution in [0.1, 0.15) is 55.2 Å². The molecule has 0 bridgehead atoms. The summed E-state index contributed by atoms with van der Waals surface area (Å²) >= 11 is 0. The molecule has 9 nitrogen and oxygen atoms in total. The summed E-state index contributed by atoms with van der Waals surface area (Å²) in [5, 5.41) is 6.00. The molecule has 0 radical (unpaired) electrons. The van der Waals surface area contributed by atoms with Gasteiger partial charge >= 0.3 is 0 Å². The predicted molar refractivity (Wildman–Crippen MR) is 116 cm³/mol. The summed E-state index contributed by atoms with van der Waals surface area (Å²) in [6.07, 6.45) is 12.5. The molecule has 2 aliphatic rings. The Morgan fingerprint density at radius 1 is 1.22 bits per heavy atom. The van der Waals surface area contributed by atoms with Gasteiger partial charge in [-0.1, -0.05) is 0 Å². The fourth-order valence-electron chi connectivity index (χ4n) is 4.94. The molecule has 168 valence electrons. The first-order chi connectivity index (χ1) is 15.6. The van der Waals surface area contributed by atoms with E-state index < -0.39 is 0 Å². The molecule has 32 heavy (non-hydrogen) atoms. The molecule has 0 unspecified atom stereocenters. The molecule has 2 fully saturated rings. The highest BCUT2D eigenvalue weighted by Gasteiger charge is 2.38. The van der Waals surface area contributed by atoms with Crippen molar-refractivity contribution in [2.24, 2.45) is 11.8 Å². The van der Waals surface area contributed by atoms with Crippen molar-refractivity contribution in [3.63, 3.8) is 0 Å².